The Kier molecular flexibility index (Phi) is 5.68. The maximum absolute atomic E-state index is 12.9. The molecule has 1 aliphatic rings. The SMILES string of the molecule is COC(=O)/C=C(/C)N[C@@H]1C(=O)N(c2ccc(C)cc2)[C@@H]1c1ccc(OC)cc1. The maximum atomic E-state index is 12.9. The number of allylic oxidation sites excluding steroid dienone is 1. The molecular weight excluding hydrogens is 356 g/mol. The van der Waals surface area contributed by atoms with Crippen molar-refractivity contribution < 1.29 is 19.1 Å². The van der Waals surface area contributed by atoms with Gasteiger partial charge in [-0.3, -0.25) is 4.79 Å². The van der Waals surface area contributed by atoms with Crippen LogP contribution in [0.15, 0.2) is 60.3 Å². The summed E-state index contributed by atoms with van der Waals surface area (Å²) in [6.07, 6.45) is 1.34. The van der Waals surface area contributed by atoms with Gasteiger partial charge in [-0.25, -0.2) is 4.79 Å². The Morgan fingerprint density at radius 1 is 1.07 bits per heavy atom. The number of rotatable bonds is 6. The van der Waals surface area contributed by atoms with Gasteiger partial charge in [-0.1, -0.05) is 29.8 Å². The summed E-state index contributed by atoms with van der Waals surface area (Å²) in [7, 11) is 2.94. The van der Waals surface area contributed by atoms with Gasteiger partial charge in [-0.2, -0.15) is 0 Å². The molecule has 146 valence electrons. The molecule has 1 fully saturated rings. The fourth-order valence-corrected chi connectivity index (χ4v) is 3.29. The molecule has 2 aromatic carbocycles. The summed E-state index contributed by atoms with van der Waals surface area (Å²) >= 11 is 0. The number of carbonyl (C=O) groups excluding carboxylic acids is 2. The molecule has 1 heterocycles. The van der Waals surface area contributed by atoms with Crippen molar-refractivity contribution in [3.8, 4) is 5.75 Å². The molecule has 0 spiro atoms. The lowest BCUT2D eigenvalue weighted by molar-refractivity contribution is -0.135. The van der Waals surface area contributed by atoms with Gasteiger partial charge in [0.25, 0.3) is 5.91 Å². The lowest BCUT2D eigenvalue weighted by Crippen LogP contribution is -2.64. The first-order valence-electron chi connectivity index (χ1n) is 9.01. The highest BCUT2D eigenvalue weighted by Crippen LogP contribution is 2.40. The Morgan fingerprint density at radius 3 is 2.29 bits per heavy atom. The predicted octanol–water partition coefficient (Wildman–Crippen LogP) is 3.13. The number of carbonyl (C=O) groups is 2. The van der Waals surface area contributed by atoms with Crippen LogP contribution in [0.5, 0.6) is 5.75 Å². The summed E-state index contributed by atoms with van der Waals surface area (Å²) in [5, 5.41) is 3.16. The van der Waals surface area contributed by atoms with Crippen LogP contribution in [-0.4, -0.2) is 32.1 Å². The number of nitrogens with one attached hydrogen (secondary N) is 1. The van der Waals surface area contributed by atoms with Gasteiger partial charge in [0.1, 0.15) is 11.8 Å². The van der Waals surface area contributed by atoms with E-state index in [1.54, 1.807) is 18.9 Å². The van der Waals surface area contributed by atoms with Crippen LogP contribution in [0.1, 0.15) is 24.1 Å². The summed E-state index contributed by atoms with van der Waals surface area (Å²) in [5.41, 5.74) is 3.52. The average molecular weight is 380 g/mol. The molecule has 2 atom stereocenters. The topological polar surface area (TPSA) is 67.9 Å². The van der Waals surface area contributed by atoms with Gasteiger partial charge in [-0.05, 0) is 43.7 Å². The first-order valence-corrected chi connectivity index (χ1v) is 9.01. The zero-order valence-electron chi connectivity index (χ0n) is 16.4. The Hall–Kier alpha value is -3.28. The lowest BCUT2D eigenvalue weighted by atomic mass is 9.87. The van der Waals surface area contributed by atoms with Gasteiger partial charge in [0.2, 0.25) is 0 Å². The van der Waals surface area contributed by atoms with E-state index in [-0.39, 0.29) is 11.9 Å². The fraction of sp³-hybridized carbons (Fsp3) is 0.273. The molecule has 1 amide bonds. The Morgan fingerprint density at radius 2 is 1.71 bits per heavy atom. The van der Waals surface area contributed by atoms with E-state index in [1.165, 1.54) is 13.2 Å². The number of anilines is 1. The van der Waals surface area contributed by atoms with Gasteiger partial charge >= 0.3 is 5.97 Å². The van der Waals surface area contributed by atoms with Crippen molar-refractivity contribution in [3.05, 3.63) is 71.4 Å². The van der Waals surface area contributed by atoms with E-state index in [1.807, 2.05) is 55.5 Å². The smallest absolute Gasteiger partial charge is 0.332 e. The number of nitrogens with zero attached hydrogens (tertiary/aromatic N) is 1. The minimum Gasteiger partial charge on any atom is -0.497 e. The fourth-order valence-electron chi connectivity index (χ4n) is 3.29. The summed E-state index contributed by atoms with van der Waals surface area (Å²) in [5.74, 6) is 0.234. The van der Waals surface area contributed by atoms with Crippen LogP contribution in [0.4, 0.5) is 5.69 Å². The average Bonchev–Trinajstić information content (AvgIpc) is 2.71. The minimum atomic E-state index is -0.476. The Balaban J connectivity index is 1.92. The van der Waals surface area contributed by atoms with Crippen LogP contribution in [0.25, 0.3) is 0 Å². The van der Waals surface area contributed by atoms with E-state index >= 15 is 0 Å². The van der Waals surface area contributed by atoms with Crippen molar-refractivity contribution in [1.82, 2.24) is 5.32 Å². The number of aryl methyl sites for hydroxylation is 1. The van der Waals surface area contributed by atoms with Crippen molar-refractivity contribution in [1.29, 1.82) is 0 Å². The number of esters is 1. The van der Waals surface area contributed by atoms with Gasteiger partial charge in [0.05, 0.1) is 20.3 Å². The third kappa shape index (κ3) is 3.86. The van der Waals surface area contributed by atoms with E-state index in [2.05, 4.69) is 10.1 Å². The molecule has 0 radical (unpaired) electrons. The highest BCUT2D eigenvalue weighted by atomic mass is 16.5. The molecule has 1 saturated heterocycles. The summed E-state index contributed by atoms with van der Waals surface area (Å²) < 4.78 is 9.89. The number of hydrogen-bond acceptors (Lipinski definition) is 5. The van der Waals surface area contributed by atoms with Gasteiger partial charge in [0.15, 0.2) is 0 Å². The van der Waals surface area contributed by atoms with E-state index < -0.39 is 12.0 Å². The molecule has 1 N–H and O–H groups in total. The standard InChI is InChI=1S/C22H24N2O4/c1-14-5-9-17(10-6-14)24-21(16-7-11-18(27-3)12-8-16)20(22(24)26)23-15(2)13-19(25)28-4/h5-13,20-21,23H,1-4H3/b15-13-/t20-,21+/m0/s1. The Labute approximate surface area is 164 Å². The van der Waals surface area contributed by atoms with Gasteiger partial charge in [0, 0.05) is 17.5 Å². The van der Waals surface area contributed by atoms with Crippen LogP contribution < -0.4 is 15.0 Å². The van der Waals surface area contributed by atoms with Crippen molar-refractivity contribution in [3.63, 3.8) is 0 Å². The number of benzene rings is 2. The second kappa shape index (κ2) is 8.17. The number of hydrogen-bond donors (Lipinski definition) is 1. The minimum absolute atomic E-state index is 0.0534. The van der Waals surface area contributed by atoms with Crippen LogP contribution in [0.2, 0.25) is 0 Å². The lowest BCUT2D eigenvalue weighted by Gasteiger charge is -2.48. The quantitative estimate of drug-likeness (QED) is 0.474. The monoisotopic (exact) mass is 380 g/mol. The second-order valence-electron chi connectivity index (χ2n) is 6.73. The van der Waals surface area contributed by atoms with Gasteiger partial charge in [-0.15, -0.1) is 0 Å². The predicted molar refractivity (Wildman–Crippen MR) is 107 cm³/mol. The molecule has 28 heavy (non-hydrogen) atoms. The largest absolute Gasteiger partial charge is 0.497 e. The molecule has 6 nitrogen and oxygen atoms in total. The van der Waals surface area contributed by atoms with E-state index in [9.17, 15) is 9.59 Å². The first kappa shape index (κ1) is 19.5. The second-order valence-corrected chi connectivity index (χ2v) is 6.73. The molecule has 2 aromatic rings. The highest BCUT2D eigenvalue weighted by Gasteiger charge is 2.49. The zero-order valence-corrected chi connectivity index (χ0v) is 16.4. The van der Waals surface area contributed by atoms with E-state index in [0.29, 0.717) is 5.70 Å². The number of amides is 1. The molecule has 0 aliphatic carbocycles. The van der Waals surface area contributed by atoms with Gasteiger partial charge < -0.3 is 19.7 Å². The van der Waals surface area contributed by atoms with Crippen molar-refractivity contribution in [2.24, 2.45) is 0 Å². The van der Waals surface area contributed by atoms with Crippen molar-refractivity contribution >= 4 is 17.6 Å². The highest BCUT2D eigenvalue weighted by molar-refractivity contribution is 6.06. The summed E-state index contributed by atoms with van der Waals surface area (Å²) in [4.78, 5) is 26.2. The van der Waals surface area contributed by atoms with E-state index in [4.69, 9.17) is 4.74 Å². The number of ether oxygens (including phenoxy) is 2. The molecule has 6 heteroatoms. The summed E-state index contributed by atoms with van der Waals surface area (Å²) in [6.45, 7) is 3.75. The van der Waals surface area contributed by atoms with Crippen LogP contribution in [-0.2, 0) is 14.3 Å². The Bertz CT molecular complexity index is 888. The number of β-lactam (4-membered cyclic amide) rings is 1. The third-order valence-electron chi connectivity index (χ3n) is 4.79. The molecule has 0 aromatic heterocycles. The number of methoxy groups -OCH3 is 2. The summed E-state index contributed by atoms with van der Waals surface area (Å²) in [6, 6.07) is 14.8. The molecule has 0 bridgehead atoms. The van der Waals surface area contributed by atoms with Crippen LogP contribution >= 0.6 is 0 Å². The van der Waals surface area contributed by atoms with Crippen LogP contribution in [0.3, 0.4) is 0 Å². The van der Waals surface area contributed by atoms with Crippen molar-refractivity contribution in [2.45, 2.75) is 25.9 Å². The molecule has 3 rings (SSSR count). The molecular formula is C22H24N2O4. The third-order valence-corrected chi connectivity index (χ3v) is 4.79. The van der Waals surface area contributed by atoms with Crippen molar-refractivity contribution in [2.75, 3.05) is 19.1 Å². The zero-order chi connectivity index (χ0) is 20.3. The maximum Gasteiger partial charge on any atom is 0.332 e. The van der Waals surface area contributed by atoms with Crippen LogP contribution in [0, 0.1) is 6.92 Å². The molecule has 0 unspecified atom stereocenters. The van der Waals surface area contributed by atoms with E-state index in [0.717, 1.165) is 22.6 Å². The molecule has 0 saturated carbocycles. The first-order chi connectivity index (χ1) is 13.4. The molecule has 1 aliphatic heterocycles. The normalized spacial score (nSPS) is 19.1.